The summed E-state index contributed by atoms with van der Waals surface area (Å²) in [6, 6.07) is 0. The molecule has 0 rings (SSSR count). The number of halogens is 1. The van der Waals surface area contributed by atoms with Gasteiger partial charge < -0.3 is 9.47 Å². The number of rotatable bonds is 9. The highest BCUT2D eigenvalue weighted by atomic mass is 127. The summed E-state index contributed by atoms with van der Waals surface area (Å²) in [5.74, 6) is 2.96. The summed E-state index contributed by atoms with van der Waals surface area (Å²) < 4.78 is 11.5. The van der Waals surface area contributed by atoms with Crippen LogP contribution in [0.5, 0.6) is 0 Å². The van der Waals surface area contributed by atoms with Gasteiger partial charge in [0.1, 0.15) is 6.79 Å². The molecule has 0 aliphatic carbocycles. The van der Waals surface area contributed by atoms with E-state index < -0.39 is 0 Å². The van der Waals surface area contributed by atoms with Crippen LogP contribution >= 0.6 is 22.6 Å². The molecule has 2 atom stereocenters. The first-order chi connectivity index (χ1) is 7.29. The molecule has 0 radical (unpaired) electrons. The number of allylic oxidation sites excluding steroid dienone is 1. The number of alkyl halides is 1. The van der Waals surface area contributed by atoms with Gasteiger partial charge in [-0.2, -0.15) is 0 Å². The second-order valence-corrected chi connectivity index (χ2v) is 4.31. The summed E-state index contributed by atoms with van der Waals surface area (Å²) in [6.45, 7) is 4.01. The maximum absolute atomic E-state index is 5.58. The third kappa shape index (κ3) is 6.93. The molecule has 0 N–H and O–H groups in total. The molecular formula is C12H19IO2. The van der Waals surface area contributed by atoms with Crippen molar-refractivity contribution in [2.75, 3.05) is 18.3 Å². The largest absolute Gasteiger partial charge is 0.359 e. The fourth-order valence-corrected chi connectivity index (χ4v) is 1.95. The maximum Gasteiger partial charge on any atom is 0.146 e. The Hall–Kier alpha value is -0.0500. The molecule has 0 unspecified atom stereocenters. The fraction of sp³-hybridized carbons (Fsp3) is 0.667. The summed E-state index contributed by atoms with van der Waals surface area (Å²) in [7, 11) is 1.62. The van der Waals surface area contributed by atoms with E-state index in [1.165, 1.54) is 0 Å². The Bertz CT molecular complexity index is 198. The average Bonchev–Trinajstić information content (AvgIpc) is 2.26. The van der Waals surface area contributed by atoms with Crippen LogP contribution in [0.25, 0.3) is 0 Å². The van der Waals surface area contributed by atoms with Crippen molar-refractivity contribution < 1.29 is 9.47 Å². The van der Waals surface area contributed by atoms with E-state index in [4.69, 9.17) is 15.9 Å². The third-order valence-electron chi connectivity index (χ3n) is 2.14. The highest BCUT2D eigenvalue weighted by Crippen LogP contribution is 2.18. The molecule has 0 saturated heterocycles. The van der Waals surface area contributed by atoms with Crippen LogP contribution in [0, 0.1) is 18.3 Å². The van der Waals surface area contributed by atoms with E-state index >= 15 is 0 Å². The van der Waals surface area contributed by atoms with Crippen molar-refractivity contribution in [1.29, 1.82) is 0 Å². The van der Waals surface area contributed by atoms with E-state index in [2.05, 4.69) is 35.1 Å². The number of ether oxygens (including phenoxy) is 2. The van der Waals surface area contributed by atoms with Gasteiger partial charge in [0.15, 0.2) is 0 Å². The van der Waals surface area contributed by atoms with Gasteiger partial charge in [-0.05, 0) is 19.3 Å². The first-order valence-corrected chi connectivity index (χ1v) is 6.56. The highest BCUT2D eigenvalue weighted by molar-refractivity contribution is 14.1. The van der Waals surface area contributed by atoms with E-state index in [0.29, 0.717) is 6.79 Å². The van der Waals surface area contributed by atoms with Gasteiger partial charge >= 0.3 is 0 Å². The van der Waals surface area contributed by atoms with Crippen LogP contribution < -0.4 is 0 Å². The van der Waals surface area contributed by atoms with Gasteiger partial charge in [-0.15, -0.1) is 18.9 Å². The van der Waals surface area contributed by atoms with E-state index in [1.54, 1.807) is 7.11 Å². The molecule has 15 heavy (non-hydrogen) atoms. The predicted octanol–water partition coefficient (Wildman–Crippen LogP) is 3.02. The van der Waals surface area contributed by atoms with E-state index in [1.807, 2.05) is 6.08 Å². The van der Waals surface area contributed by atoms with Gasteiger partial charge in [-0.1, -0.05) is 28.7 Å². The van der Waals surface area contributed by atoms with Crippen LogP contribution in [-0.2, 0) is 9.47 Å². The van der Waals surface area contributed by atoms with Crippen molar-refractivity contribution in [3.05, 3.63) is 12.7 Å². The van der Waals surface area contributed by atoms with Crippen molar-refractivity contribution >= 4 is 22.6 Å². The average molecular weight is 322 g/mol. The molecule has 0 aliphatic heterocycles. The lowest BCUT2D eigenvalue weighted by atomic mass is 9.96. The summed E-state index contributed by atoms with van der Waals surface area (Å²) in [6.07, 6.45) is 10.3. The smallest absolute Gasteiger partial charge is 0.146 e. The van der Waals surface area contributed by atoms with Crippen molar-refractivity contribution in [3.63, 3.8) is 0 Å². The SMILES string of the molecule is C#C[C@H](CCC=C)[C@H](CCI)OCOC. The Kier molecular flexibility index (Phi) is 10.4. The summed E-state index contributed by atoms with van der Waals surface area (Å²) >= 11 is 2.33. The normalized spacial score (nSPS) is 14.2. The van der Waals surface area contributed by atoms with Gasteiger partial charge in [0.25, 0.3) is 0 Å². The molecule has 2 nitrogen and oxygen atoms in total. The first kappa shape index (κ1) is 14.9. The molecular weight excluding hydrogens is 303 g/mol. The summed E-state index contributed by atoms with van der Waals surface area (Å²) in [5.41, 5.74) is 0. The Morgan fingerprint density at radius 3 is 2.73 bits per heavy atom. The lowest BCUT2D eigenvalue weighted by molar-refractivity contribution is -0.0847. The number of methoxy groups -OCH3 is 1. The molecule has 0 aliphatic rings. The van der Waals surface area contributed by atoms with E-state index in [9.17, 15) is 0 Å². The Labute approximate surface area is 107 Å². The van der Waals surface area contributed by atoms with E-state index in [0.717, 1.165) is 23.7 Å². The van der Waals surface area contributed by atoms with E-state index in [-0.39, 0.29) is 12.0 Å². The van der Waals surface area contributed by atoms with Gasteiger partial charge in [0.05, 0.1) is 6.10 Å². The summed E-state index contributed by atoms with van der Waals surface area (Å²) in [4.78, 5) is 0. The molecule has 0 spiro atoms. The zero-order valence-electron chi connectivity index (χ0n) is 9.25. The van der Waals surface area contributed by atoms with Crippen molar-refractivity contribution in [2.45, 2.75) is 25.4 Å². The molecule has 86 valence electrons. The number of hydrogen-bond acceptors (Lipinski definition) is 2. The summed E-state index contributed by atoms with van der Waals surface area (Å²) in [5, 5.41) is 0. The molecule has 0 heterocycles. The van der Waals surface area contributed by atoms with Gasteiger partial charge in [0, 0.05) is 17.5 Å². The minimum Gasteiger partial charge on any atom is -0.359 e. The van der Waals surface area contributed by atoms with Gasteiger partial charge in [0.2, 0.25) is 0 Å². The minimum atomic E-state index is 0.104. The van der Waals surface area contributed by atoms with Crippen LogP contribution in [0.1, 0.15) is 19.3 Å². The molecule has 0 aromatic rings. The zero-order valence-corrected chi connectivity index (χ0v) is 11.4. The van der Waals surface area contributed by atoms with Crippen molar-refractivity contribution in [1.82, 2.24) is 0 Å². The van der Waals surface area contributed by atoms with Gasteiger partial charge in [-0.3, -0.25) is 0 Å². The quantitative estimate of drug-likeness (QED) is 0.214. The van der Waals surface area contributed by atoms with Crippen LogP contribution in [0.2, 0.25) is 0 Å². The van der Waals surface area contributed by atoms with Crippen LogP contribution in [0.15, 0.2) is 12.7 Å². The second-order valence-electron chi connectivity index (χ2n) is 3.23. The third-order valence-corrected chi connectivity index (χ3v) is 2.76. The molecule has 0 aromatic carbocycles. The Morgan fingerprint density at radius 2 is 2.27 bits per heavy atom. The number of hydrogen-bond donors (Lipinski definition) is 0. The Morgan fingerprint density at radius 1 is 1.53 bits per heavy atom. The monoisotopic (exact) mass is 322 g/mol. The molecule has 0 fully saturated rings. The van der Waals surface area contributed by atoms with Gasteiger partial charge in [-0.25, -0.2) is 0 Å². The second kappa shape index (κ2) is 10.5. The highest BCUT2D eigenvalue weighted by Gasteiger charge is 2.18. The minimum absolute atomic E-state index is 0.104. The topological polar surface area (TPSA) is 18.5 Å². The molecule has 0 bridgehead atoms. The first-order valence-electron chi connectivity index (χ1n) is 5.03. The maximum atomic E-state index is 5.58. The Balaban J connectivity index is 4.14. The molecule has 3 heteroatoms. The standard InChI is InChI=1S/C12H19IO2/c1-4-6-7-11(5-2)12(8-9-13)15-10-14-3/h2,4,11-12H,1,6-10H2,3H3/t11-,12+/m1/s1. The molecule has 0 aromatic heterocycles. The zero-order chi connectivity index (χ0) is 11.5. The van der Waals surface area contributed by atoms with Crippen LogP contribution in [0.3, 0.4) is 0 Å². The fourth-order valence-electron chi connectivity index (χ4n) is 1.34. The molecule has 0 saturated carbocycles. The van der Waals surface area contributed by atoms with Crippen LogP contribution in [-0.4, -0.2) is 24.4 Å². The lowest BCUT2D eigenvalue weighted by Gasteiger charge is -2.22. The van der Waals surface area contributed by atoms with Crippen molar-refractivity contribution in [3.8, 4) is 12.3 Å². The molecule has 0 amide bonds. The lowest BCUT2D eigenvalue weighted by Crippen LogP contribution is -2.24. The van der Waals surface area contributed by atoms with Crippen molar-refractivity contribution in [2.24, 2.45) is 5.92 Å². The predicted molar refractivity (Wildman–Crippen MR) is 72.0 cm³/mol. The van der Waals surface area contributed by atoms with Crippen LogP contribution in [0.4, 0.5) is 0 Å². The number of terminal acetylenes is 1.